The van der Waals surface area contributed by atoms with Gasteiger partial charge in [-0.25, -0.2) is 4.98 Å². The zero-order valence-corrected chi connectivity index (χ0v) is 9.77. The summed E-state index contributed by atoms with van der Waals surface area (Å²) in [4.78, 5) is 11.8. The summed E-state index contributed by atoms with van der Waals surface area (Å²) in [6, 6.07) is 2.17. The molecule has 0 aliphatic carbocycles. The molecule has 0 aromatic carbocycles. The Hall–Kier alpha value is -1.38. The second kappa shape index (κ2) is 4.64. The molecule has 1 aromatic rings. The van der Waals surface area contributed by atoms with Crippen molar-refractivity contribution in [3.8, 4) is 6.07 Å². The van der Waals surface area contributed by atoms with E-state index in [0.29, 0.717) is 0 Å². The van der Waals surface area contributed by atoms with E-state index >= 15 is 0 Å². The number of nitriles is 1. The molecule has 1 saturated heterocycles. The standard InChI is InChI=1S/C11H17N5/c1-9-13-8-10(14-9)11(7-12)16-5-3-15(2)4-6-16/h8,11H,3-6H2,1-2H3,(H,13,14). The average Bonchev–Trinajstić information content (AvgIpc) is 2.69. The molecule has 1 N–H and O–H groups in total. The monoisotopic (exact) mass is 219 g/mol. The molecular weight excluding hydrogens is 202 g/mol. The number of nitrogens with one attached hydrogen (secondary N) is 1. The van der Waals surface area contributed by atoms with Crippen molar-refractivity contribution in [1.82, 2.24) is 19.8 Å². The van der Waals surface area contributed by atoms with Gasteiger partial charge in [-0.05, 0) is 14.0 Å². The Morgan fingerprint density at radius 3 is 2.62 bits per heavy atom. The second-order valence-electron chi connectivity index (χ2n) is 4.29. The van der Waals surface area contributed by atoms with Gasteiger partial charge in [-0.15, -0.1) is 0 Å². The molecule has 1 aliphatic heterocycles. The number of likely N-dealkylation sites (N-methyl/N-ethyl adjacent to an activating group) is 1. The normalized spacial score (nSPS) is 20.6. The molecule has 5 heteroatoms. The maximum atomic E-state index is 9.25. The molecule has 16 heavy (non-hydrogen) atoms. The minimum atomic E-state index is -0.185. The van der Waals surface area contributed by atoms with Gasteiger partial charge in [-0.2, -0.15) is 5.26 Å². The van der Waals surface area contributed by atoms with Crippen LogP contribution in [0, 0.1) is 18.3 Å². The predicted molar refractivity (Wildman–Crippen MR) is 60.7 cm³/mol. The molecule has 1 aliphatic rings. The van der Waals surface area contributed by atoms with Crippen LogP contribution < -0.4 is 0 Å². The number of imidazole rings is 1. The van der Waals surface area contributed by atoms with Crippen molar-refractivity contribution in [1.29, 1.82) is 5.26 Å². The summed E-state index contributed by atoms with van der Waals surface area (Å²) in [6.45, 7) is 5.82. The quantitative estimate of drug-likeness (QED) is 0.788. The lowest BCUT2D eigenvalue weighted by atomic mass is 10.2. The number of piperazine rings is 1. The second-order valence-corrected chi connectivity index (χ2v) is 4.29. The molecule has 86 valence electrons. The van der Waals surface area contributed by atoms with Crippen LogP contribution in [0.15, 0.2) is 6.20 Å². The molecule has 0 saturated carbocycles. The first kappa shape index (κ1) is 11.1. The smallest absolute Gasteiger partial charge is 0.140 e. The molecule has 1 atom stereocenters. The van der Waals surface area contributed by atoms with Crippen LogP contribution in [0.25, 0.3) is 0 Å². The minimum absolute atomic E-state index is 0.185. The fraction of sp³-hybridized carbons (Fsp3) is 0.636. The third-order valence-electron chi connectivity index (χ3n) is 3.04. The number of aromatic amines is 1. The SMILES string of the molecule is Cc1ncc(C(C#N)N2CCN(C)CC2)[nH]1. The highest BCUT2D eigenvalue weighted by molar-refractivity contribution is 5.14. The Morgan fingerprint density at radius 2 is 2.12 bits per heavy atom. The molecule has 2 rings (SSSR count). The molecule has 1 fully saturated rings. The van der Waals surface area contributed by atoms with Crippen molar-refractivity contribution in [2.45, 2.75) is 13.0 Å². The fourth-order valence-corrected chi connectivity index (χ4v) is 2.01. The summed E-state index contributed by atoms with van der Waals surface area (Å²) < 4.78 is 0. The summed E-state index contributed by atoms with van der Waals surface area (Å²) in [6.07, 6.45) is 1.77. The van der Waals surface area contributed by atoms with Crippen molar-refractivity contribution in [2.75, 3.05) is 33.2 Å². The molecule has 0 spiro atoms. The maximum Gasteiger partial charge on any atom is 0.140 e. The highest BCUT2D eigenvalue weighted by Gasteiger charge is 2.24. The average molecular weight is 219 g/mol. The first-order valence-electron chi connectivity index (χ1n) is 5.54. The Balaban J connectivity index is 2.09. The van der Waals surface area contributed by atoms with Gasteiger partial charge in [0.25, 0.3) is 0 Å². The van der Waals surface area contributed by atoms with E-state index in [1.807, 2.05) is 6.92 Å². The van der Waals surface area contributed by atoms with E-state index in [1.165, 1.54) is 0 Å². The Kier molecular flexibility index (Phi) is 3.22. The third-order valence-corrected chi connectivity index (χ3v) is 3.04. The van der Waals surface area contributed by atoms with Crippen LogP contribution in [0.2, 0.25) is 0 Å². The zero-order valence-electron chi connectivity index (χ0n) is 9.77. The highest BCUT2D eigenvalue weighted by Crippen LogP contribution is 2.19. The number of aryl methyl sites for hydroxylation is 1. The molecule has 5 nitrogen and oxygen atoms in total. The van der Waals surface area contributed by atoms with Gasteiger partial charge < -0.3 is 9.88 Å². The van der Waals surface area contributed by atoms with Gasteiger partial charge in [0, 0.05) is 26.2 Å². The van der Waals surface area contributed by atoms with Gasteiger partial charge in [0.1, 0.15) is 11.9 Å². The molecular formula is C11H17N5. The molecule has 2 heterocycles. The Bertz CT molecular complexity index is 383. The molecule has 1 aromatic heterocycles. The van der Waals surface area contributed by atoms with Crippen molar-refractivity contribution >= 4 is 0 Å². The molecule has 0 amide bonds. The van der Waals surface area contributed by atoms with Gasteiger partial charge in [0.15, 0.2) is 0 Å². The fourth-order valence-electron chi connectivity index (χ4n) is 2.01. The summed E-state index contributed by atoms with van der Waals surface area (Å²) >= 11 is 0. The van der Waals surface area contributed by atoms with E-state index in [2.05, 4.69) is 32.9 Å². The summed E-state index contributed by atoms with van der Waals surface area (Å²) in [5.41, 5.74) is 0.907. The maximum absolute atomic E-state index is 9.25. The number of hydrogen-bond donors (Lipinski definition) is 1. The van der Waals surface area contributed by atoms with Crippen molar-refractivity contribution in [3.63, 3.8) is 0 Å². The zero-order chi connectivity index (χ0) is 11.5. The van der Waals surface area contributed by atoms with E-state index in [0.717, 1.165) is 37.7 Å². The summed E-state index contributed by atoms with van der Waals surface area (Å²) in [5.74, 6) is 0.865. The van der Waals surface area contributed by atoms with Crippen LogP contribution in [0.3, 0.4) is 0 Å². The third kappa shape index (κ3) is 2.23. The summed E-state index contributed by atoms with van der Waals surface area (Å²) in [7, 11) is 2.11. The number of rotatable bonds is 2. The van der Waals surface area contributed by atoms with Crippen molar-refractivity contribution in [3.05, 3.63) is 17.7 Å². The summed E-state index contributed by atoms with van der Waals surface area (Å²) in [5, 5.41) is 9.25. The number of H-pyrrole nitrogens is 1. The van der Waals surface area contributed by atoms with Crippen LogP contribution in [-0.2, 0) is 0 Å². The van der Waals surface area contributed by atoms with Gasteiger partial charge in [-0.3, -0.25) is 4.90 Å². The van der Waals surface area contributed by atoms with E-state index in [9.17, 15) is 5.26 Å². The van der Waals surface area contributed by atoms with Crippen LogP contribution in [0.1, 0.15) is 17.6 Å². The van der Waals surface area contributed by atoms with E-state index in [4.69, 9.17) is 0 Å². The Labute approximate surface area is 95.7 Å². The van der Waals surface area contributed by atoms with Gasteiger partial charge in [0.05, 0.1) is 18.0 Å². The van der Waals surface area contributed by atoms with Gasteiger partial charge >= 0.3 is 0 Å². The molecule has 1 unspecified atom stereocenters. The first-order chi connectivity index (χ1) is 7.70. The van der Waals surface area contributed by atoms with Crippen molar-refractivity contribution in [2.24, 2.45) is 0 Å². The minimum Gasteiger partial charge on any atom is -0.344 e. The first-order valence-corrected chi connectivity index (χ1v) is 5.54. The Morgan fingerprint density at radius 1 is 1.44 bits per heavy atom. The van der Waals surface area contributed by atoms with Crippen molar-refractivity contribution < 1.29 is 0 Å². The largest absolute Gasteiger partial charge is 0.344 e. The number of hydrogen-bond acceptors (Lipinski definition) is 4. The topological polar surface area (TPSA) is 59.0 Å². The van der Waals surface area contributed by atoms with Crippen LogP contribution in [0.4, 0.5) is 0 Å². The van der Waals surface area contributed by atoms with Crippen LogP contribution >= 0.6 is 0 Å². The van der Waals surface area contributed by atoms with Gasteiger partial charge in [0.2, 0.25) is 0 Å². The predicted octanol–water partition coefficient (Wildman–Crippen LogP) is 0.530. The highest BCUT2D eigenvalue weighted by atomic mass is 15.3. The molecule has 0 radical (unpaired) electrons. The lowest BCUT2D eigenvalue weighted by Gasteiger charge is -2.34. The number of aromatic nitrogens is 2. The van der Waals surface area contributed by atoms with Crippen LogP contribution in [0.5, 0.6) is 0 Å². The van der Waals surface area contributed by atoms with E-state index < -0.39 is 0 Å². The van der Waals surface area contributed by atoms with Gasteiger partial charge in [-0.1, -0.05) is 0 Å². The lowest BCUT2D eigenvalue weighted by Crippen LogP contribution is -2.45. The number of nitrogens with zero attached hydrogens (tertiary/aromatic N) is 4. The van der Waals surface area contributed by atoms with E-state index in [1.54, 1.807) is 6.20 Å². The lowest BCUT2D eigenvalue weighted by molar-refractivity contribution is 0.131. The van der Waals surface area contributed by atoms with E-state index in [-0.39, 0.29) is 6.04 Å². The van der Waals surface area contributed by atoms with Crippen LogP contribution in [-0.4, -0.2) is 53.0 Å². The molecule has 0 bridgehead atoms.